The van der Waals surface area contributed by atoms with E-state index in [-0.39, 0.29) is 42.1 Å². The summed E-state index contributed by atoms with van der Waals surface area (Å²) in [6.07, 6.45) is 9.95. The highest BCUT2D eigenvalue weighted by molar-refractivity contribution is 7.93. The number of hydrogen-bond acceptors (Lipinski definition) is 13. The molecule has 16 nitrogen and oxygen atoms in total. The molecule has 0 spiro atoms. The van der Waals surface area contributed by atoms with Gasteiger partial charge in [-0.3, -0.25) is 29.2 Å². The molecule has 5 atom stereocenters. The largest absolute Gasteiger partial charge is 0.457 e. The molecule has 1 aromatic rings. The van der Waals surface area contributed by atoms with Crippen molar-refractivity contribution in [2.75, 3.05) is 77.4 Å². The maximum absolute atomic E-state index is 15.2. The first-order valence-corrected chi connectivity index (χ1v) is 23.7. The average Bonchev–Trinajstić information content (AvgIpc) is 3.58. The molecule has 0 radical (unpaired) electrons. The number of unbranched alkanes of at least 4 members (excludes halogenated alkanes) is 3. The van der Waals surface area contributed by atoms with Crippen molar-refractivity contribution in [2.24, 2.45) is 22.6 Å². The Morgan fingerprint density at radius 3 is 2.25 bits per heavy atom. The molecule has 3 saturated heterocycles. The molecular formula is C45H66FN7O9S. The van der Waals surface area contributed by atoms with E-state index in [1.807, 2.05) is 30.9 Å². The van der Waals surface area contributed by atoms with Gasteiger partial charge in [0.15, 0.2) is 0 Å². The number of carbonyl (C=O) groups is 4. The Morgan fingerprint density at radius 2 is 1.60 bits per heavy atom. The molecule has 0 bridgehead atoms. The van der Waals surface area contributed by atoms with Crippen molar-refractivity contribution in [1.29, 1.82) is 0 Å². The first-order chi connectivity index (χ1) is 30.1. The van der Waals surface area contributed by atoms with Crippen LogP contribution in [0.25, 0.3) is 6.08 Å². The number of allylic oxidation sites excluding steroid dienone is 1. The number of aliphatic hydroxyl groups is 1. The van der Waals surface area contributed by atoms with Crippen LogP contribution in [0.4, 0.5) is 14.9 Å². The molecule has 4 heterocycles. The number of imide groups is 1. The Kier molecular flexibility index (Phi) is 18.3. The predicted octanol–water partition coefficient (Wildman–Crippen LogP) is 4.30. The van der Waals surface area contributed by atoms with E-state index >= 15 is 4.39 Å². The molecule has 4 aliphatic heterocycles. The number of cyclic esters (lactones) is 1. The molecule has 0 aliphatic carbocycles. The summed E-state index contributed by atoms with van der Waals surface area (Å²) in [6, 6.07) is 4.58. The van der Waals surface area contributed by atoms with Crippen molar-refractivity contribution in [3.63, 3.8) is 0 Å². The smallest absolute Gasteiger partial charge is 0.410 e. The number of anilines is 1. The molecule has 63 heavy (non-hydrogen) atoms. The third kappa shape index (κ3) is 13.9. The minimum Gasteiger partial charge on any atom is -0.457 e. The van der Waals surface area contributed by atoms with Crippen molar-refractivity contribution in [3.05, 3.63) is 58.4 Å². The lowest BCUT2D eigenvalue weighted by molar-refractivity contribution is -0.151. The Bertz CT molecular complexity index is 1980. The van der Waals surface area contributed by atoms with Gasteiger partial charge in [-0.15, -0.1) is 0 Å². The quantitative estimate of drug-likeness (QED) is 0.0886. The number of halogens is 1. The van der Waals surface area contributed by atoms with Crippen LogP contribution in [0.1, 0.15) is 84.1 Å². The van der Waals surface area contributed by atoms with Crippen LogP contribution in [0.3, 0.4) is 0 Å². The van der Waals surface area contributed by atoms with Gasteiger partial charge in [-0.25, -0.2) is 17.6 Å². The van der Waals surface area contributed by atoms with Crippen LogP contribution in [0, 0.1) is 17.7 Å². The molecule has 0 aromatic heterocycles. The van der Waals surface area contributed by atoms with Crippen LogP contribution in [-0.2, 0) is 33.9 Å². The summed E-state index contributed by atoms with van der Waals surface area (Å²) in [6.45, 7) is 10.5. The van der Waals surface area contributed by atoms with E-state index in [0.717, 1.165) is 51.5 Å². The summed E-state index contributed by atoms with van der Waals surface area (Å²) in [5, 5.41) is 10.8. The fourth-order valence-corrected chi connectivity index (χ4v) is 9.84. The summed E-state index contributed by atoms with van der Waals surface area (Å²) in [7, 11) is -2.37. The van der Waals surface area contributed by atoms with Gasteiger partial charge >= 0.3 is 12.1 Å². The fourth-order valence-electron chi connectivity index (χ4n) is 8.49. The van der Waals surface area contributed by atoms with Crippen molar-refractivity contribution >= 4 is 51.9 Å². The van der Waals surface area contributed by atoms with Gasteiger partial charge in [-0.05, 0) is 80.5 Å². The zero-order chi connectivity index (χ0) is 45.7. The number of benzene rings is 1. The fraction of sp³-hybridized carbons (Fsp3) is 0.622. The third-order valence-electron chi connectivity index (χ3n) is 12.3. The van der Waals surface area contributed by atoms with Gasteiger partial charge in [0.2, 0.25) is 21.8 Å². The topological polar surface area (TPSA) is 196 Å². The summed E-state index contributed by atoms with van der Waals surface area (Å²) in [5.41, 5.74) is 7.29. The van der Waals surface area contributed by atoms with Gasteiger partial charge in [0, 0.05) is 103 Å². The zero-order valence-electron chi connectivity index (χ0n) is 37.2. The monoisotopic (exact) mass is 899 g/mol. The highest BCUT2D eigenvalue weighted by Crippen LogP contribution is 2.28. The number of nitrogens with zero attached hydrogens (tertiary/aromatic N) is 6. The second-order valence-electron chi connectivity index (χ2n) is 17.1. The summed E-state index contributed by atoms with van der Waals surface area (Å²) >= 11 is 0. The van der Waals surface area contributed by atoms with E-state index in [0.29, 0.717) is 75.2 Å². The molecule has 1 aromatic carbocycles. The average molecular weight is 900 g/mol. The van der Waals surface area contributed by atoms with Crippen molar-refractivity contribution in [2.45, 2.75) is 96.9 Å². The first-order valence-electron chi connectivity index (χ1n) is 22.2. The molecular weight excluding hydrogens is 834 g/mol. The van der Waals surface area contributed by atoms with Crippen LogP contribution >= 0.6 is 0 Å². The number of likely N-dealkylation sites (tertiary alicyclic amines) is 1. The normalized spacial score (nSPS) is 26.2. The highest BCUT2D eigenvalue weighted by atomic mass is 32.2. The summed E-state index contributed by atoms with van der Waals surface area (Å²) < 4.78 is 54.7. The van der Waals surface area contributed by atoms with Crippen molar-refractivity contribution in [1.82, 2.24) is 19.0 Å². The SMILES string of the molecule is CN=C/C(=C\N)S(=O)(=O)N1CCN(c2cc(F)cc(/C=C(\C)[C@H]3OC(=O)C[C@H](O)CC[C@H](C)[C@@H](OC(=O)N4CCN(CCCCCCN5C(=O)CCC5=O)CC4)/C=C/[C@@H]3C)c2)CC1. The number of aliphatic imine (C=N–C) groups is 1. The van der Waals surface area contributed by atoms with Crippen LogP contribution in [-0.4, -0.2) is 153 Å². The van der Waals surface area contributed by atoms with Crippen LogP contribution in [0.15, 0.2) is 52.0 Å². The van der Waals surface area contributed by atoms with Crippen molar-refractivity contribution < 1.29 is 46.6 Å². The van der Waals surface area contributed by atoms with E-state index < -0.39 is 52.1 Å². The summed E-state index contributed by atoms with van der Waals surface area (Å²) in [5.74, 6) is -1.73. The number of amides is 3. The van der Waals surface area contributed by atoms with Gasteiger partial charge in [-0.1, -0.05) is 38.8 Å². The minimum atomic E-state index is -3.84. The van der Waals surface area contributed by atoms with E-state index in [1.165, 1.54) is 34.6 Å². The zero-order valence-corrected chi connectivity index (χ0v) is 38.0. The lowest BCUT2D eigenvalue weighted by Gasteiger charge is -2.35. The maximum Gasteiger partial charge on any atom is 0.410 e. The molecule has 3 fully saturated rings. The van der Waals surface area contributed by atoms with Crippen molar-refractivity contribution in [3.8, 4) is 0 Å². The number of piperazine rings is 2. The number of hydrogen-bond donors (Lipinski definition) is 2. The molecule has 5 rings (SSSR count). The summed E-state index contributed by atoms with van der Waals surface area (Å²) in [4.78, 5) is 61.3. The first kappa shape index (κ1) is 49.4. The maximum atomic E-state index is 15.2. The van der Waals surface area contributed by atoms with Gasteiger partial charge in [0.25, 0.3) is 0 Å². The Hall–Kier alpha value is -4.65. The molecule has 348 valence electrons. The van der Waals surface area contributed by atoms with Gasteiger partial charge in [-0.2, -0.15) is 4.31 Å². The molecule has 3 amide bonds. The van der Waals surface area contributed by atoms with E-state index in [2.05, 4.69) is 9.89 Å². The van der Waals surface area contributed by atoms with Crippen LogP contribution in [0.5, 0.6) is 0 Å². The number of sulfonamides is 1. The number of aliphatic hydroxyl groups excluding tert-OH is 1. The van der Waals surface area contributed by atoms with Gasteiger partial charge in [0.1, 0.15) is 22.9 Å². The lowest BCUT2D eigenvalue weighted by atomic mass is 9.91. The molecule has 0 saturated carbocycles. The molecule has 0 unspecified atom stereocenters. The second-order valence-corrected chi connectivity index (χ2v) is 19.0. The predicted molar refractivity (Wildman–Crippen MR) is 239 cm³/mol. The number of rotatable bonds is 14. The standard InChI is InChI=1S/C45H66FN7O9S/c1-32-9-11-38(54)29-43(57)62-44(34(3)25-35-26-36(46)28-37(27-35)50-21-23-52(24-22-50)63(59,60)39(30-47)31-48-4)33(2)10-12-40(32)61-45(58)51-19-17-49(18-20-51)15-7-5-6-8-16-53-41(55)13-14-42(53)56/h10,12,25-28,30-33,38,40,44,54H,5-9,11,13-24,29,47H2,1-4H3/b12-10+,34-25+,39-30+,48-31?/t32-,33-,38+,40-,44-/m0/s1. The van der Waals surface area contributed by atoms with Gasteiger partial charge in [0.05, 0.1) is 12.5 Å². The second kappa shape index (κ2) is 23.3. The Labute approximate surface area is 371 Å². The number of ether oxygens (including phenoxy) is 2. The molecule has 3 N–H and O–H groups in total. The lowest BCUT2D eigenvalue weighted by Crippen LogP contribution is -2.49. The number of carbonyl (C=O) groups excluding carboxylic acids is 4. The van der Waals surface area contributed by atoms with Crippen LogP contribution in [0.2, 0.25) is 0 Å². The number of esters is 1. The van der Waals surface area contributed by atoms with Gasteiger partial charge < -0.3 is 30.1 Å². The Morgan fingerprint density at radius 1 is 0.937 bits per heavy atom. The molecule has 18 heteroatoms. The van der Waals surface area contributed by atoms with E-state index in [9.17, 15) is 32.7 Å². The third-order valence-corrected chi connectivity index (χ3v) is 14.2. The van der Waals surface area contributed by atoms with Crippen LogP contribution < -0.4 is 10.6 Å². The van der Waals surface area contributed by atoms with E-state index in [1.54, 1.807) is 24.0 Å². The minimum absolute atomic E-state index is 0.0666. The highest BCUT2D eigenvalue weighted by Gasteiger charge is 2.32. The molecule has 4 aliphatic rings. The number of nitrogens with two attached hydrogens (primary N) is 1. The Balaban J connectivity index is 1.18. The van der Waals surface area contributed by atoms with E-state index in [4.69, 9.17) is 15.2 Å².